The van der Waals surface area contributed by atoms with Crippen molar-refractivity contribution in [2.45, 2.75) is 81.0 Å². The fourth-order valence-electron chi connectivity index (χ4n) is 6.77. The summed E-state index contributed by atoms with van der Waals surface area (Å²) in [4.78, 5) is 0. The van der Waals surface area contributed by atoms with E-state index < -0.39 is 12.0 Å². The Morgan fingerprint density at radius 2 is 1.88 bits per heavy atom. The van der Waals surface area contributed by atoms with Crippen LogP contribution in [0.25, 0.3) is 0 Å². The van der Waals surface area contributed by atoms with Crippen molar-refractivity contribution in [1.29, 1.82) is 0 Å². The average Bonchev–Trinajstić information content (AvgIpc) is 3.46. The van der Waals surface area contributed by atoms with Crippen molar-refractivity contribution < 1.29 is 27.4 Å². The van der Waals surface area contributed by atoms with E-state index in [1.165, 1.54) is 17.7 Å². The van der Waals surface area contributed by atoms with Crippen LogP contribution in [-0.4, -0.2) is 30.7 Å². The van der Waals surface area contributed by atoms with E-state index in [0.717, 1.165) is 43.2 Å². The van der Waals surface area contributed by atoms with Crippen LogP contribution in [0.4, 0.5) is 13.2 Å². The molecule has 7 heteroatoms. The van der Waals surface area contributed by atoms with Crippen molar-refractivity contribution >= 4 is 0 Å². The van der Waals surface area contributed by atoms with Gasteiger partial charge in [-0.1, -0.05) is 30.3 Å². The second-order valence-electron chi connectivity index (χ2n) is 10.1. The number of nitrogens with one attached hydrogen (secondary N) is 1. The monoisotopic (exact) mass is 459 g/mol. The summed E-state index contributed by atoms with van der Waals surface area (Å²) in [5.41, 5.74) is 2.11. The third kappa shape index (κ3) is 3.43. The predicted octanol–water partition coefficient (Wildman–Crippen LogP) is 5.59. The zero-order valence-corrected chi connectivity index (χ0v) is 18.6. The standard InChI is InChI=1S/C26H28F3NO3/c1-16-11-17-12-21(33-26(27,28)29)13-22(23(17)32-16)18-14-24(31-15-18)9-7-20-8-10-25(24,30-20)19-5-3-2-4-6-19/h2-6,12-13,16,18,20,30H,7-11,14-15H2,1H3. The number of benzene rings is 2. The Bertz CT molecular complexity index is 1060. The van der Waals surface area contributed by atoms with Crippen LogP contribution in [0.5, 0.6) is 11.5 Å². The van der Waals surface area contributed by atoms with Crippen LogP contribution in [0, 0.1) is 0 Å². The van der Waals surface area contributed by atoms with Gasteiger partial charge >= 0.3 is 6.36 Å². The van der Waals surface area contributed by atoms with Crippen LogP contribution in [0.1, 0.15) is 61.6 Å². The van der Waals surface area contributed by atoms with Crippen molar-refractivity contribution in [2.75, 3.05) is 6.61 Å². The number of hydrogen-bond acceptors (Lipinski definition) is 4. The van der Waals surface area contributed by atoms with Gasteiger partial charge in [0.15, 0.2) is 0 Å². The van der Waals surface area contributed by atoms with Crippen LogP contribution in [-0.2, 0) is 16.7 Å². The van der Waals surface area contributed by atoms with Crippen LogP contribution < -0.4 is 14.8 Å². The largest absolute Gasteiger partial charge is 0.573 e. The first-order valence-corrected chi connectivity index (χ1v) is 11.8. The molecular formula is C26H28F3NO3. The fraction of sp³-hybridized carbons (Fsp3) is 0.538. The first-order chi connectivity index (χ1) is 15.8. The maximum absolute atomic E-state index is 13.0. The highest BCUT2D eigenvalue weighted by Crippen LogP contribution is 2.58. The summed E-state index contributed by atoms with van der Waals surface area (Å²) in [7, 11) is 0. The lowest BCUT2D eigenvalue weighted by Gasteiger charge is -2.50. The Kier molecular flexibility index (Phi) is 4.76. The van der Waals surface area contributed by atoms with E-state index >= 15 is 0 Å². The van der Waals surface area contributed by atoms with E-state index in [1.807, 2.05) is 13.0 Å². The summed E-state index contributed by atoms with van der Waals surface area (Å²) >= 11 is 0. The highest BCUT2D eigenvalue weighted by molar-refractivity contribution is 5.52. The van der Waals surface area contributed by atoms with Crippen molar-refractivity contribution in [3.8, 4) is 11.5 Å². The molecule has 4 aliphatic rings. The SMILES string of the molecule is CC1Cc2cc(OC(F)(F)F)cc(C3COC4(CCC5CCC4(c4ccccc4)N5)C3)c2O1. The molecule has 0 saturated carbocycles. The molecule has 1 spiro atoms. The quantitative estimate of drug-likeness (QED) is 0.649. The van der Waals surface area contributed by atoms with Gasteiger partial charge in [-0.05, 0) is 56.7 Å². The molecule has 3 saturated heterocycles. The lowest BCUT2D eigenvalue weighted by Crippen LogP contribution is -2.61. The van der Waals surface area contributed by atoms with Crippen molar-refractivity contribution in [1.82, 2.24) is 5.32 Å². The highest BCUT2D eigenvalue weighted by Gasteiger charge is 2.62. The van der Waals surface area contributed by atoms with Gasteiger partial charge in [0.05, 0.1) is 17.7 Å². The van der Waals surface area contributed by atoms with Crippen LogP contribution >= 0.6 is 0 Å². The number of ether oxygens (including phenoxy) is 3. The normalized spacial score (nSPS) is 35.0. The molecule has 176 valence electrons. The maximum Gasteiger partial charge on any atom is 0.573 e. The molecule has 0 aliphatic carbocycles. The zero-order valence-electron chi connectivity index (χ0n) is 18.6. The molecule has 0 radical (unpaired) electrons. The van der Waals surface area contributed by atoms with Crippen LogP contribution in [0.3, 0.4) is 0 Å². The van der Waals surface area contributed by atoms with E-state index in [0.29, 0.717) is 24.8 Å². The topological polar surface area (TPSA) is 39.7 Å². The number of alkyl halides is 3. The molecule has 4 heterocycles. The molecule has 4 aliphatic heterocycles. The van der Waals surface area contributed by atoms with Gasteiger partial charge in [0.2, 0.25) is 0 Å². The molecule has 2 aromatic carbocycles. The Hall–Kier alpha value is -2.25. The lowest BCUT2D eigenvalue weighted by atomic mass is 9.67. The van der Waals surface area contributed by atoms with Gasteiger partial charge in [-0.2, -0.15) is 0 Å². The summed E-state index contributed by atoms with van der Waals surface area (Å²) in [6, 6.07) is 13.9. The Morgan fingerprint density at radius 3 is 2.67 bits per heavy atom. The lowest BCUT2D eigenvalue weighted by molar-refractivity contribution is -0.274. The van der Waals surface area contributed by atoms with Gasteiger partial charge in [0.25, 0.3) is 0 Å². The number of fused-ring (bicyclic) bond motifs is 4. The molecule has 33 heavy (non-hydrogen) atoms. The number of piperidine rings is 1. The summed E-state index contributed by atoms with van der Waals surface area (Å²) in [5, 5.41) is 3.90. The third-order valence-corrected chi connectivity index (χ3v) is 8.06. The summed E-state index contributed by atoms with van der Waals surface area (Å²) in [6.45, 7) is 2.40. The van der Waals surface area contributed by atoms with Gasteiger partial charge in [-0.25, -0.2) is 0 Å². The van der Waals surface area contributed by atoms with Crippen molar-refractivity contribution in [2.24, 2.45) is 0 Å². The second kappa shape index (κ2) is 7.37. The first-order valence-electron chi connectivity index (χ1n) is 11.8. The third-order valence-electron chi connectivity index (χ3n) is 8.06. The molecular weight excluding hydrogens is 431 g/mol. The van der Waals surface area contributed by atoms with E-state index in [2.05, 4.69) is 34.3 Å². The minimum Gasteiger partial charge on any atom is -0.490 e. The predicted molar refractivity (Wildman–Crippen MR) is 116 cm³/mol. The average molecular weight is 460 g/mol. The molecule has 2 bridgehead atoms. The van der Waals surface area contributed by atoms with E-state index in [9.17, 15) is 13.2 Å². The molecule has 6 rings (SSSR count). The second-order valence-corrected chi connectivity index (χ2v) is 10.1. The Morgan fingerprint density at radius 1 is 1.09 bits per heavy atom. The van der Waals surface area contributed by atoms with Gasteiger partial charge < -0.3 is 19.5 Å². The number of rotatable bonds is 3. The Labute approximate surface area is 191 Å². The zero-order chi connectivity index (χ0) is 22.8. The van der Waals surface area contributed by atoms with E-state index in [-0.39, 0.29) is 23.3 Å². The maximum atomic E-state index is 13.0. The van der Waals surface area contributed by atoms with Crippen LogP contribution in [0.15, 0.2) is 42.5 Å². The fourth-order valence-corrected chi connectivity index (χ4v) is 6.77. The smallest absolute Gasteiger partial charge is 0.490 e. The van der Waals surface area contributed by atoms with E-state index in [4.69, 9.17) is 9.47 Å². The molecule has 0 amide bonds. The molecule has 0 aromatic heterocycles. The summed E-state index contributed by atoms with van der Waals surface area (Å²) < 4.78 is 56.1. The Balaban J connectivity index is 1.38. The van der Waals surface area contributed by atoms with E-state index in [1.54, 1.807) is 0 Å². The van der Waals surface area contributed by atoms with Gasteiger partial charge in [0.1, 0.15) is 17.6 Å². The number of halogens is 3. The summed E-state index contributed by atoms with van der Waals surface area (Å²) in [6.07, 6.45) is 0.603. The molecule has 5 atom stereocenters. The molecule has 1 N–H and O–H groups in total. The van der Waals surface area contributed by atoms with Crippen molar-refractivity contribution in [3.63, 3.8) is 0 Å². The first kappa shape index (κ1) is 21.3. The molecule has 3 fully saturated rings. The minimum absolute atomic E-state index is 0.0552. The molecule has 5 unspecified atom stereocenters. The van der Waals surface area contributed by atoms with Gasteiger partial charge in [-0.15, -0.1) is 13.2 Å². The molecule has 4 nitrogen and oxygen atoms in total. The number of hydrogen-bond donors (Lipinski definition) is 1. The van der Waals surface area contributed by atoms with Crippen LogP contribution in [0.2, 0.25) is 0 Å². The summed E-state index contributed by atoms with van der Waals surface area (Å²) in [5.74, 6) is 0.486. The van der Waals surface area contributed by atoms with Gasteiger partial charge in [-0.3, -0.25) is 0 Å². The minimum atomic E-state index is -4.73. The van der Waals surface area contributed by atoms with Crippen molar-refractivity contribution in [3.05, 3.63) is 59.2 Å². The highest BCUT2D eigenvalue weighted by atomic mass is 19.4. The molecule has 2 aromatic rings. The van der Waals surface area contributed by atoms with Gasteiger partial charge in [0, 0.05) is 29.5 Å².